The van der Waals surface area contributed by atoms with E-state index in [0.717, 1.165) is 29.7 Å². The van der Waals surface area contributed by atoms with E-state index in [-0.39, 0.29) is 18.5 Å². The van der Waals surface area contributed by atoms with Crippen molar-refractivity contribution in [3.8, 4) is 17.2 Å². The van der Waals surface area contributed by atoms with Gasteiger partial charge >= 0.3 is 6.03 Å². The zero-order valence-corrected chi connectivity index (χ0v) is 19.3. The molecular formula is C26H27N3O6. The molecule has 1 N–H and O–H groups in total. The Labute approximate surface area is 202 Å². The van der Waals surface area contributed by atoms with Crippen LogP contribution >= 0.6 is 0 Å². The molecule has 4 amide bonds. The number of para-hydroxylation sites is 1. The van der Waals surface area contributed by atoms with Crippen LogP contribution in [0.4, 0.5) is 4.79 Å². The van der Waals surface area contributed by atoms with Gasteiger partial charge in [-0.05, 0) is 36.6 Å². The monoisotopic (exact) mass is 477 g/mol. The predicted octanol–water partition coefficient (Wildman–Crippen LogP) is 2.74. The van der Waals surface area contributed by atoms with E-state index in [1.807, 2.05) is 30.3 Å². The van der Waals surface area contributed by atoms with E-state index < -0.39 is 17.5 Å². The smallest absolute Gasteiger partial charge is 0.325 e. The molecule has 9 heteroatoms. The zero-order chi connectivity index (χ0) is 24.0. The standard InChI is InChI=1S/C26H27N3O6/c30-23(28-11-3-6-19(28)17-8-9-21-22(15-17)34-13-4-12-33-21)16-29-24(31)26(27-25(29)32)10-14-35-20-7-2-1-5-18(20)26/h1-2,5,7-9,15,19H,3-4,6,10-14,16H2,(H,27,32)/t19-,26+/m0/s1. The van der Waals surface area contributed by atoms with Gasteiger partial charge in [-0.1, -0.05) is 24.3 Å². The summed E-state index contributed by atoms with van der Waals surface area (Å²) in [7, 11) is 0. The van der Waals surface area contributed by atoms with E-state index in [2.05, 4.69) is 5.32 Å². The number of carbonyl (C=O) groups is 3. The molecule has 2 aromatic rings. The number of carbonyl (C=O) groups excluding carboxylic acids is 3. The van der Waals surface area contributed by atoms with Crippen molar-refractivity contribution >= 4 is 17.8 Å². The molecule has 1 spiro atoms. The number of benzene rings is 2. The third-order valence-electron chi connectivity index (χ3n) is 7.28. The highest BCUT2D eigenvalue weighted by atomic mass is 16.5. The number of ether oxygens (including phenoxy) is 3. The van der Waals surface area contributed by atoms with Gasteiger partial charge < -0.3 is 24.4 Å². The van der Waals surface area contributed by atoms with Gasteiger partial charge in [0.05, 0.1) is 25.9 Å². The number of fused-ring (bicyclic) bond motifs is 3. The van der Waals surface area contributed by atoms with E-state index >= 15 is 0 Å². The molecule has 0 aromatic heterocycles. The van der Waals surface area contributed by atoms with Gasteiger partial charge in [0.25, 0.3) is 5.91 Å². The molecule has 0 saturated carbocycles. The van der Waals surface area contributed by atoms with Crippen molar-refractivity contribution in [2.75, 3.05) is 32.9 Å². The molecule has 0 radical (unpaired) electrons. The number of nitrogens with zero attached hydrogens (tertiary/aromatic N) is 2. The van der Waals surface area contributed by atoms with Crippen molar-refractivity contribution < 1.29 is 28.6 Å². The summed E-state index contributed by atoms with van der Waals surface area (Å²) in [5.41, 5.74) is 0.406. The molecule has 2 aromatic carbocycles. The van der Waals surface area contributed by atoms with Gasteiger partial charge in [-0.2, -0.15) is 0 Å². The Bertz CT molecular complexity index is 1200. The fraction of sp³-hybridized carbons (Fsp3) is 0.423. The molecule has 0 bridgehead atoms. The number of urea groups is 1. The summed E-state index contributed by atoms with van der Waals surface area (Å²) in [5.74, 6) is 1.32. The summed E-state index contributed by atoms with van der Waals surface area (Å²) in [5, 5.41) is 2.86. The van der Waals surface area contributed by atoms with Gasteiger partial charge in [-0.3, -0.25) is 14.5 Å². The Kier molecular flexibility index (Phi) is 5.27. The van der Waals surface area contributed by atoms with Crippen LogP contribution in [0, 0.1) is 0 Å². The number of nitrogens with one attached hydrogen (secondary N) is 1. The van der Waals surface area contributed by atoms with Gasteiger partial charge in [0.15, 0.2) is 17.0 Å². The minimum absolute atomic E-state index is 0.141. The molecule has 0 unspecified atom stereocenters. The molecule has 6 rings (SSSR count). The lowest BCUT2D eigenvalue weighted by Gasteiger charge is -2.33. The van der Waals surface area contributed by atoms with Crippen LogP contribution in [0.15, 0.2) is 42.5 Å². The number of amides is 4. The Morgan fingerprint density at radius 1 is 0.971 bits per heavy atom. The SMILES string of the molecule is O=C1N[C@@]2(CCOc3ccccc32)C(=O)N1CC(=O)N1CCC[C@H]1c1ccc2c(c1)OCCCO2. The normalized spacial score (nSPS) is 25.2. The summed E-state index contributed by atoms with van der Waals surface area (Å²) in [6.07, 6.45) is 2.80. The number of likely N-dealkylation sites (tertiary alicyclic amines) is 1. The summed E-state index contributed by atoms with van der Waals surface area (Å²) >= 11 is 0. The highest BCUT2D eigenvalue weighted by Gasteiger charge is 2.55. The molecule has 9 nitrogen and oxygen atoms in total. The first-order chi connectivity index (χ1) is 17.1. The minimum Gasteiger partial charge on any atom is -0.493 e. The molecule has 2 saturated heterocycles. The lowest BCUT2D eigenvalue weighted by Crippen LogP contribution is -2.48. The van der Waals surface area contributed by atoms with Crippen LogP contribution in [0.5, 0.6) is 17.2 Å². The predicted molar refractivity (Wildman–Crippen MR) is 124 cm³/mol. The second-order valence-electron chi connectivity index (χ2n) is 9.32. The summed E-state index contributed by atoms with van der Waals surface area (Å²) in [6, 6.07) is 12.3. The first kappa shape index (κ1) is 21.8. The van der Waals surface area contributed by atoms with E-state index in [4.69, 9.17) is 14.2 Å². The molecule has 2 fully saturated rings. The van der Waals surface area contributed by atoms with Crippen LogP contribution < -0.4 is 19.5 Å². The molecule has 182 valence electrons. The largest absolute Gasteiger partial charge is 0.493 e. The quantitative estimate of drug-likeness (QED) is 0.683. The first-order valence-corrected chi connectivity index (χ1v) is 12.1. The Balaban J connectivity index is 1.22. The van der Waals surface area contributed by atoms with Crippen LogP contribution in [0.3, 0.4) is 0 Å². The van der Waals surface area contributed by atoms with Gasteiger partial charge in [0, 0.05) is 24.9 Å². The van der Waals surface area contributed by atoms with E-state index in [1.54, 1.807) is 17.0 Å². The maximum atomic E-state index is 13.5. The van der Waals surface area contributed by atoms with Crippen molar-refractivity contribution in [2.45, 2.75) is 37.3 Å². The van der Waals surface area contributed by atoms with Gasteiger partial charge in [0.1, 0.15) is 12.3 Å². The molecule has 0 aliphatic carbocycles. The average molecular weight is 478 g/mol. The third kappa shape index (κ3) is 3.57. The van der Waals surface area contributed by atoms with Crippen molar-refractivity contribution in [1.82, 2.24) is 15.1 Å². The Morgan fingerprint density at radius 3 is 2.66 bits per heavy atom. The number of rotatable bonds is 3. The molecule has 4 heterocycles. The molecule has 4 aliphatic heterocycles. The second kappa shape index (κ2) is 8.48. The Hall–Kier alpha value is -3.75. The number of imide groups is 1. The first-order valence-electron chi connectivity index (χ1n) is 12.1. The summed E-state index contributed by atoms with van der Waals surface area (Å²) in [6.45, 7) is 1.79. The highest BCUT2D eigenvalue weighted by molar-refractivity contribution is 6.09. The summed E-state index contributed by atoms with van der Waals surface area (Å²) in [4.78, 5) is 42.7. The zero-order valence-electron chi connectivity index (χ0n) is 19.3. The van der Waals surface area contributed by atoms with Crippen molar-refractivity contribution in [2.24, 2.45) is 0 Å². The average Bonchev–Trinajstić information content (AvgIpc) is 3.35. The van der Waals surface area contributed by atoms with Crippen LogP contribution in [-0.2, 0) is 15.1 Å². The maximum Gasteiger partial charge on any atom is 0.325 e. The van der Waals surface area contributed by atoms with Crippen molar-refractivity contribution in [3.05, 3.63) is 53.6 Å². The lowest BCUT2D eigenvalue weighted by atomic mass is 9.84. The van der Waals surface area contributed by atoms with Gasteiger partial charge in [-0.25, -0.2) is 4.79 Å². The number of hydrogen-bond acceptors (Lipinski definition) is 6. The molecule has 4 aliphatic rings. The van der Waals surface area contributed by atoms with Gasteiger partial charge in [0.2, 0.25) is 5.91 Å². The third-order valence-corrected chi connectivity index (χ3v) is 7.28. The van der Waals surface area contributed by atoms with E-state index in [9.17, 15) is 14.4 Å². The van der Waals surface area contributed by atoms with Crippen molar-refractivity contribution in [3.63, 3.8) is 0 Å². The topological polar surface area (TPSA) is 97.4 Å². The highest BCUT2D eigenvalue weighted by Crippen LogP contribution is 2.42. The molecular weight excluding hydrogens is 450 g/mol. The van der Waals surface area contributed by atoms with Crippen molar-refractivity contribution in [1.29, 1.82) is 0 Å². The minimum atomic E-state index is -1.19. The second-order valence-corrected chi connectivity index (χ2v) is 9.32. The summed E-state index contributed by atoms with van der Waals surface area (Å²) < 4.78 is 17.2. The molecule has 2 atom stereocenters. The lowest BCUT2D eigenvalue weighted by molar-refractivity contribution is -0.140. The van der Waals surface area contributed by atoms with Crippen LogP contribution in [0.2, 0.25) is 0 Å². The maximum absolute atomic E-state index is 13.5. The van der Waals surface area contributed by atoms with Crippen LogP contribution in [0.25, 0.3) is 0 Å². The number of hydrogen-bond donors (Lipinski definition) is 1. The van der Waals surface area contributed by atoms with Crippen LogP contribution in [0.1, 0.15) is 42.9 Å². The fourth-order valence-electron chi connectivity index (χ4n) is 5.54. The Morgan fingerprint density at radius 2 is 1.77 bits per heavy atom. The fourth-order valence-corrected chi connectivity index (χ4v) is 5.54. The molecule has 35 heavy (non-hydrogen) atoms. The van der Waals surface area contributed by atoms with Gasteiger partial charge in [-0.15, -0.1) is 0 Å². The van der Waals surface area contributed by atoms with E-state index in [0.29, 0.717) is 55.6 Å². The van der Waals surface area contributed by atoms with E-state index in [1.165, 1.54) is 0 Å². The van der Waals surface area contributed by atoms with Crippen LogP contribution in [-0.4, -0.2) is 60.6 Å².